The lowest BCUT2D eigenvalue weighted by Gasteiger charge is -2.12. The Morgan fingerprint density at radius 2 is 2.46 bits per heavy atom. The first-order chi connectivity index (χ1) is 6.20. The highest BCUT2D eigenvalue weighted by molar-refractivity contribution is 5.72. The number of nitrogens with two attached hydrogens (primary N) is 1. The van der Waals surface area contributed by atoms with Crippen LogP contribution in [0.4, 0.5) is 0 Å². The predicted octanol–water partition coefficient (Wildman–Crippen LogP) is -1.44. The fraction of sp³-hybridized carbons (Fsp3) is 0.167. The van der Waals surface area contributed by atoms with Gasteiger partial charge >= 0.3 is 0 Å². The van der Waals surface area contributed by atoms with E-state index >= 15 is 0 Å². The highest BCUT2D eigenvalue weighted by Crippen LogP contribution is 2.03. The van der Waals surface area contributed by atoms with E-state index in [2.05, 4.69) is 15.2 Å². The molecule has 0 amide bonds. The molecule has 0 spiro atoms. The number of H-pyrrole nitrogens is 1. The highest BCUT2D eigenvalue weighted by Gasteiger charge is 2.06. The molecule has 0 fully saturated rings. The molecule has 13 heavy (non-hydrogen) atoms. The summed E-state index contributed by atoms with van der Waals surface area (Å²) in [5, 5.41) is 7.25. The van der Waals surface area contributed by atoms with Gasteiger partial charge in [-0.1, -0.05) is 0 Å². The summed E-state index contributed by atoms with van der Waals surface area (Å²) in [5.41, 5.74) is 0.583. The highest BCUT2D eigenvalue weighted by atomic mass is 16.1. The van der Waals surface area contributed by atoms with E-state index in [4.69, 9.17) is 5.84 Å². The van der Waals surface area contributed by atoms with Crippen molar-refractivity contribution >= 4 is 11.0 Å². The van der Waals surface area contributed by atoms with Crippen LogP contribution in [0.3, 0.4) is 0 Å². The first-order valence-electron chi connectivity index (χ1n) is 3.59. The number of aromatic amines is 1. The third-order valence-electron chi connectivity index (χ3n) is 1.69. The topological polar surface area (TPSA) is 92.8 Å². The van der Waals surface area contributed by atoms with Crippen molar-refractivity contribution in [1.82, 2.24) is 19.9 Å². The quantitative estimate of drug-likeness (QED) is 0.414. The van der Waals surface area contributed by atoms with E-state index in [-0.39, 0.29) is 5.56 Å². The average Bonchev–Trinajstić information content (AvgIpc) is 2.48. The summed E-state index contributed by atoms with van der Waals surface area (Å²) >= 11 is 0. The minimum atomic E-state index is -0.321. The molecule has 2 heterocycles. The molecule has 68 valence electrons. The van der Waals surface area contributed by atoms with Gasteiger partial charge in [-0.05, 0) is 0 Å². The van der Waals surface area contributed by atoms with E-state index in [1.54, 1.807) is 7.05 Å². The Bertz CT molecular complexity index is 483. The summed E-state index contributed by atoms with van der Waals surface area (Å²) in [7, 11) is 1.64. The first-order valence-corrected chi connectivity index (χ1v) is 3.59. The summed E-state index contributed by atoms with van der Waals surface area (Å²) in [6.07, 6.45) is 2.95. The van der Waals surface area contributed by atoms with Gasteiger partial charge in [0.05, 0.1) is 6.20 Å². The summed E-state index contributed by atoms with van der Waals surface area (Å²) in [4.78, 5) is 15.1. The number of hydrogen-bond acceptors (Lipinski definition) is 5. The van der Waals surface area contributed by atoms with Crippen molar-refractivity contribution in [3.8, 4) is 0 Å². The molecular formula is C6H8N6O. The van der Waals surface area contributed by atoms with Gasteiger partial charge in [0.2, 0.25) is 0 Å². The maximum Gasteiger partial charge on any atom is 0.292 e. The standard InChI is InChI=1S/C6H8N6O/c1-11(7)12-3-8-5-4(12)2-9-10-6(5)13/h2-3H,7H2,1H3,(H,10,13). The van der Waals surface area contributed by atoms with Crippen molar-refractivity contribution in [2.24, 2.45) is 5.84 Å². The molecule has 0 aromatic carbocycles. The monoisotopic (exact) mass is 180 g/mol. The molecule has 2 rings (SSSR count). The fourth-order valence-electron chi connectivity index (χ4n) is 1.10. The maximum atomic E-state index is 11.2. The maximum absolute atomic E-state index is 11.2. The Morgan fingerprint density at radius 3 is 3.15 bits per heavy atom. The predicted molar refractivity (Wildman–Crippen MR) is 46.5 cm³/mol. The lowest BCUT2D eigenvalue weighted by molar-refractivity contribution is 0.697. The van der Waals surface area contributed by atoms with Crippen LogP contribution in [0.2, 0.25) is 0 Å². The molecule has 0 aliphatic heterocycles. The van der Waals surface area contributed by atoms with Gasteiger partial charge in [0.1, 0.15) is 11.8 Å². The second-order valence-electron chi connectivity index (χ2n) is 2.60. The zero-order valence-corrected chi connectivity index (χ0v) is 6.93. The van der Waals surface area contributed by atoms with Crippen LogP contribution >= 0.6 is 0 Å². The van der Waals surface area contributed by atoms with E-state index in [1.807, 2.05) is 0 Å². The van der Waals surface area contributed by atoms with E-state index in [0.717, 1.165) is 0 Å². The number of imidazole rings is 1. The summed E-state index contributed by atoms with van der Waals surface area (Å²) in [6, 6.07) is 0. The first kappa shape index (κ1) is 7.74. The lowest BCUT2D eigenvalue weighted by atomic mass is 10.5. The second-order valence-corrected chi connectivity index (χ2v) is 2.60. The number of fused-ring (bicyclic) bond motifs is 1. The number of hydrogen-bond donors (Lipinski definition) is 2. The zero-order chi connectivity index (χ0) is 9.42. The Morgan fingerprint density at radius 1 is 1.69 bits per heavy atom. The molecule has 0 aliphatic carbocycles. The molecule has 0 atom stereocenters. The van der Waals surface area contributed by atoms with E-state index in [0.29, 0.717) is 11.0 Å². The van der Waals surface area contributed by atoms with Crippen molar-refractivity contribution in [1.29, 1.82) is 0 Å². The summed E-state index contributed by atoms with van der Waals surface area (Å²) < 4.78 is 1.53. The summed E-state index contributed by atoms with van der Waals surface area (Å²) in [5.74, 6) is 5.49. The number of nitrogens with zero attached hydrogens (tertiary/aromatic N) is 4. The number of aromatic nitrogens is 4. The molecule has 7 heteroatoms. The SMILES string of the molecule is CN(N)n1cnc2c(=O)[nH]ncc21. The van der Waals surface area contributed by atoms with Crippen LogP contribution in [0.5, 0.6) is 0 Å². The molecule has 0 unspecified atom stereocenters. The molecule has 0 saturated carbocycles. The van der Waals surface area contributed by atoms with E-state index in [1.165, 1.54) is 22.3 Å². The average molecular weight is 180 g/mol. The van der Waals surface area contributed by atoms with Crippen molar-refractivity contribution in [2.75, 3.05) is 12.2 Å². The Balaban J connectivity index is 2.83. The number of nitrogens with one attached hydrogen (secondary N) is 1. The van der Waals surface area contributed by atoms with Gasteiger partial charge in [0.15, 0.2) is 5.52 Å². The van der Waals surface area contributed by atoms with Crippen LogP contribution in [0.1, 0.15) is 0 Å². The van der Waals surface area contributed by atoms with E-state index < -0.39 is 0 Å². The minimum absolute atomic E-state index is 0.321. The third-order valence-corrected chi connectivity index (χ3v) is 1.69. The van der Waals surface area contributed by atoms with Gasteiger partial charge in [0.25, 0.3) is 5.56 Å². The van der Waals surface area contributed by atoms with Crippen LogP contribution in [0.15, 0.2) is 17.3 Å². The van der Waals surface area contributed by atoms with Gasteiger partial charge in [-0.25, -0.2) is 20.6 Å². The van der Waals surface area contributed by atoms with Crippen molar-refractivity contribution in [3.05, 3.63) is 22.9 Å². The molecule has 2 aromatic rings. The normalized spacial score (nSPS) is 10.6. The molecule has 0 bridgehead atoms. The van der Waals surface area contributed by atoms with Crippen molar-refractivity contribution in [3.63, 3.8) is 0 Å². The Kier molecular flexibility index (Phi) is 1.52. The van der Waals surface area contributed by atoms with Crippen LogP contribution < -0.4 is 16.5 Å². The van der Waals surface area contributed by atoms with Gasteiger partial charge < -0.3 is 0 Å². The van der Waals surface area contributed by atoms with Crippen LogP contribution in [-0.2, 0) is 0 Å². The lowest BCUT2D eigenvalue weighted by Crippen LogP contribution is -2.36. The largest absolute Gasteiger partial charge is 0.292 e. The number of hydrazine groups is 1. The molecule has 0 aliphatic rings. The second kappa shape index (κ2) is 2.56. The molecule has 3 N–H and O–H groups in total. The van der Waals surface area contributed by atoms with Crippen molar-refractivity contribution in [2.45, 2.75) is 0 Å². The van der Waals surface area contributed by atoms with E-state index in [9.17, 15) is 4.79 Å². The smallest absolute Gasteiger partial charge is 0.265 e. The Hall–Kier alpha value is -1.89. The Labute approximate surface area is 72.7 Å². The number of rotatable bonds is 1. The van der Waals surface area contributed by atoms with Gasteiger partial charge in [-0.3, -0.25) is 9.91 Å². The molecule has 0 radical (unpaired) electrons. The molecule has 7 nitrogen and oxygen atoms in total. The molecule has 2 aromatic heterocycles. The van der Waals surface area contributed by atoms with Crippen LogP contribution in [0, 0.1) is 0 Å². The fourth-order valence-corrected chi connectivity index (χ4v) is 1.10. The van der Waals surface area contributed by atoms with Crippen LogP contribution in [0.25, 0.3) is 11.0 Å². The van der Waals surface area contributed by atoms with Gasteiger partial charge in [-0.2, -0.15) is 5.10 Å². The molecular weight excluding hydrogens is 172 g/mol. The third kappa shape index (κ3) is 1.05. The van der Waals surface area contributed by atoms with Crippen LogP contribution in [-0.4, -0.2) is 26.9 Å². The minimum Gasteiger partial charge on any atom is -0.265 e. The molecule has 0 saturated heterocycles. The zero-order valence-electron chi connectivity index (χ0n) is 6.93. The van der Waals surface area contributed by atoms with Crippen molar-refractivity contribution < 1.29 is 0 Å². The van der Waals surface area contributed by atoms with Gasteiger partial charge in [-0.15, -0.1) is 0 Å². The van der Waals surface area contributed by atoms with Gasteiger partial charge in [0, 0.05) is 7.05 Å². The summed E-state index contributed by atoms with van der Waals surface area (Å²) in [6.45, 7) is 0.